The number of benzene rings is 1. The van der Waals surface area contributed by atoms with Crippen LogP contribution in [0.1, 0.15) is 12.5 Å². The maximum atomic E-state index is 12.5. The van der Waals surface area contributed by atoms with Gasteiger partial charge in [0.05, 0.1) is 10.8 Å². The molecule has 6 nitrogen and oxygen atoms in total. The Labute approximate surface area is 133 Å². The van der Waals surface area contributed by atoms with Crippen molar-refractivity contribution in [2.24, 2.45) is 7.05 Å². The summed E-state index contributed by atoms with van der Waals surface area (Å²) in [5.41, 5.74) is -1.05. The van der Waals surface area contributed by atoms with Crippen LogP contribution in [0.5, 0.6) is 0 Å². The molecular formula is C13H13F3N4O2S. The molecule has 0 bridgehead atoms. The van der Waals surface area contributed by atoms with Gasteiger partial charge in [0.2, 0.25) is 5.91 Å². The number of hydrogen-bond acceptors (Lipinski definition) is 4. The van der Waals surface area contributed by atoms with E-state index < -0.39 is 28.6 Å². The average molecular weight is 346 g/mol. The number of hydrogen-bond donors (Lipinski definition) is 2. The van der Waals surface area contributed by atoms with Gasteiger partial charge in [-0.05, 0) is 31.2 Å². The molecule has 0 fully saturated rings. The third-order valence-electron chi connectivity index (χ3n) is 2.88. The third-order valence-corrected chi connectivity index (χ3v) is 4.02. The number of nitrogens with one attached hydrogen (secondary N) is 2. The van der Waals surface area contributed by atoms with E-state index in [1.54, 1.807) is 14.0 Å². The van der Waals surface area contributed by atoms with Gasteiger partial charge in [0, 0.05) is 12.7 Å². The number of halogens is 3. The number of aromatic amines is 1. The first kappa shape index (κ1) is 17.1. The number of aryl methyl sites for hydroxylation is 1. The van der Waals surface area contributed by atoms with Crippen molar-refractivity contribution in [3.8, 4) is 0 Å². The molecule has 0 radical (unpaired) electrons. The van der Waals surface area contributed by atoms with E-state index in [-0.39, 0.29) is 5.69 Å². The van der Waals surface area contributed by atoms with E-state index in [0.717, 1.165) is 23.9 Å². The van der Waals surface area contributed by atoms with Gasteiger partial charge < -0.3 is 5.32 Å². The molecule has 124 valence electrons. The Hall–Kier alpha value is -2.23. The van der Waals surface area contributed by atoms with Crippen LogP contribution in [-0.4, -0.2) is 25.9 Å². The maximum absolute atomic E-state index is 12.5. The van der Waals surface area contributed by atoms with Crippen molar-refractivity contribution in [2.75, 3.05) is 5.32 Å². The summed E-state index contributed by atoms with van der Waals surface area (Å²) >= 11 is 1.05. The number of nitrogens with zero attached hydrogens (tertiary/aromatic N) is 2. The zero-order valence-corrected chi connectivity index (χ0v) is 13.0. The van der Waals surface area contributed by atoms with Gasteiger partial charge in [-0.2, -0.15) is 18.2 Å². The summed E-state index contributed by atoms with van der Waals surface area (Å²) in [4.78, 5) is 26.8. The van der Waals surface area contributed by atoms with Gasteiger partial charge in [0.1, 0.15) is 0 Å². The van der Waals surface area contributed by atoms with Crippen LogP contribution in [0.3, 0.4) is 0 Å². The highest BCUT2D eigenvalue weighted by atomic mass is 32.2. The summed E-state index contributed by atoms with van der Waals surface area (Å²) in [5, 5.41) is 4.67. The van der Waals surface area contributed by atoms with Crippen molar-refractivity contribution < 1.29 is 18.0 Å². The number of carbonyl (C=O) groups excluding carboxylic acids is 1. The van der Waals surface area contributed by atoms with E-state index >= 15 is 0 Å². The monoisotopic (exact) mass is 346 g/mol. The molecule has 2 N–H and O–H groups in total. The molecule has 1 amide bonds. The molecule has 0 aliphatic heterocycles. The number of thioether (sulfide) groups is 1. The lowest BCUT2D eigenvalue weighted by Gasteiger charge is -2.12. The summed E-state index contributed by atoms with van der Waals surface area (Å²) in [7, 11) is 1.58. The van der Waals surface area contributed by atoms with Crippen molar-refractivity contribution in [3.05, 3.63) is 40.3 Å². The van der Waals surface area contributed by atoms with Crippen LogP contribution in [0.25, 0.3) is 0 Å². The van der Waals surface area contributed by atoms with E-state index in [2.05, 4.69) is 15.4 Å². The fraction of sp³-hybridized carbons (Fsp3) is 0.308. The Kier molecular flexibility index (Phi) is 4.83. The molecule has 0 aliphatic rings. The van der Waals surface area contributed by atoms with Gasteiger partial charge in [-0.1, -0.05) is 11.8 Å². The Morgan fingerprint density at radius 3 is 2.43 bits per heavy atom. The van der Waals surface area contributed by atoms with E-state index in [1.165, 1.54) is 16.8 Å². The molecule has 0 aliphatic carbocycles. The number of anilines is 1. The molecule has 0 spiro atoms. The standard InChI is InChI=1S/C13H13F3N4O2S/c1-7(23-12-18-11(22)19-20(12)2)10(21)17-9-5-3-8(4-6-9)13(14,15)16/h3-7H,1-2H3,(H,17,21)(H,19,22). The van der Waals surface area contributed by atoms with Crippen LogP contribution in [0, 0.1) is 0 Å². The summed E-state index contributed by atoms with van der Waals surface area (Å²) in [5.74, 6) is -0.412. The van der Waals surface area contributed by atoms with Crippen LogP contribution in [0.2, 0.25) is 0 Å². The molecule has 23 heavy (non-hydrogen) atoms. The largest absolute Gasteiger partial charge is 0.416 e. The lowest BCUT2D eigenvalue weighted by Crippen LogP contribution is -2.23. The molecule has 2 rings (SSSR count). The topological polar surface area (TPSA) is 79.8 Å². The molecule has 2 aromatic rings. The number of alkyl halides is 3. The van der Waals surface area contributed by atoms with Gasteiger partial charge in [-0.15, -0.1) is 0 Å². The minimum atomic E-state index is -4.42. The molecule has 10 heteroatoms. The first-order chi connectivity index (χ1) is 10.7. The summed E-state index contributed by atoms with van der Waals surface area (Å²) in [6.45, 7) is 1.60. The van der Waals surface area contributed by atoms with Gasteiger partial charge in [0.15, 0.2) is 5.16 Å². The van der Waals surface area contributed by atoms with Gasteiger partial charge >= 0.3 is 11.9 Å². The highest BCUT2D eigenvalue weighted by molar-refractivity contribution is 8.00. The van der Waals surface area contributed by atoms with Crippen LogP contribution in [0.4, 0.5) is 18.9 Å². The van der Waals surface area contributed by atoms with E-state index in [9.17, 15) is 22.8 Å². The van der Waals surface area contributed by atoms with Gasteiger partial charge in [0.25, 0.3) is 0 Å². The molecule has 1 atom stereocenters. The molecule has 1 unspecified atom stereocenters. The number of carbonyl (C=O) groups is 1. The maximum Gasteiger partial charge on any atom is 0.416 e. The summed E-state index contributed by atoms with van der Waals surface area (Å²) in [6.07, 6.45) is -4.42. The SMILES string of the molecule is CC(Sc1nc(=O)[nH]n1C)C(=O)Nc1ccc(C(F)(F)F)cc1. The minimum absolute atomic E-state index is 0.256. The van der Waals surface area contributed by atoms with Crippen LogP contribution in [-0.2, 0) is 18.0 Å². The number of aromatic nitrogens is 3. The fourth-order valence-corrected chi connectivity index (χ4v) is 2.50. The minimum Gasteiger partial charge on any atom is -0.325 e. The highest BCUT2D eigenvalue weighted by Gasteiger charge is 2.30. The number of amides is 1. The van der Waals surface area contributed by atoms with Crippen molar-refractivity contribution in [1.29, 1.82) is 0 Å². The Morgan fingerprint density at radius 1 is 1.35 bits per heavy atom. The van der Waals surface area contributed by atoms with Gasteiger partial charge in [-0.25, -0.2) is 9.89 Å². The second-order valence-corrected chi connectivity index (χ2v) is 6.00. The second-order valence-electron chi connectivity index (χ2n) is 4.69. The Bertz CT molecular complexity index is 752. The quantitative estimate of drug-likeness (QED) is 0.832. The molecule has 1 aromatic heterocycles. The lowest BCUT2D eigenvalue weighted by molar-refractivity contribution is -0.137. The Morgan fingerprint density at radius 2 is 1.96 bits per heavy atom. The first-order valence-electron chi connectivity index (χ1n) is 6.44. The van der Waals surface area contributed by atoms with Gasteiger partial charge in [-0.3, -0.25) is 9.48 Å². The smallest absolute Gasteiger partial charge is 0.325 e. The molecule has 0 saturated heterocycles. The second kappa shape index (κ2) is 6.49. The van der Waals surface area contributed by atoms with Crippen LogP contribution < -0.4 is 11.0 Å². The Balaban J connectivity index is 2.01. The number of H-pyrrole nitrogens is 1. The van der Waals surface area contributed by atoms with E-state index in [4.69, 9.17) is 0 Å². The molecular weight excluding hydrogens is 333 g/mol. The zero-order chi connectivity index (χ0) is 17.2. The van der Waals surface area contributed by atoms with Crippen molar-refractivity contribution in [2.45, 2.75) is 23.5 Å². The van der Waals surface area contributed by atoms with E-state index in [1.807, 2.05) is 0 Å². The molecule has 0 saturated carbocycles. The highest BCUT2D eigenvalue weighted by Crippen LogP contribution is 2.30. The van der Waals surface area contributed by atoms with Crippen molar-refractivity contribution in [3.63, 3.8) is 0 Å². The average Bonchev–Trinajstić information content (AvgIpc) is 2.76. The molecule has 1 heterocycles. The predicted molar refractivity (Wildman–Crippen MR) is 79.2 cm³/mol. The molecule has 1 aromatic carbocycles. The van der Waals surface area contributed by atoms with Crippen LogP contribution >= 0.6 is 11.8 Å². The first-order valence-corrected chi connectivity index (χ1v) is 7.32. The van der Waals surface area contributed by atoms with Crippen molar-refractivity contribution in [1.82, 2.24) is 14.8 Å². The third kappa shape index (κ3) is 4.38. The summed E-state index contributed by atoms with van der Waals surface area (Å²) < 4.78 is 38.8. The fourth-order valence-electron chi connectivity index (χ4n) is 1.68. The van der Waals surface area contributed by atoms with Crippen LogP contribution in [0.15, 0.2) is 34.2 Å². The van der Waals surface area contributed by atoms with E-state index in [0.29, 0.717) is 5.16 Å². The predicted octanol–water partition coefficient (Wildman–Crippen LogP) is 2.25. The lowest BCUT2D eigenvalue weighted by atomic mass is 10.2. The van der Waals surface area contributed by atoms with Crippen molar-refractivity contribution >= 4 is 23.4 Å². The zero-order valence-electron chi connectivity index (χ0n) is 12.1. The number of rotatable bonds is 4. The normalized spacial score (nSPS) is 12.9. The summed E-state index contributed by atoms with van der Waals surface area (Å²) in [6, 6.07) is 4.15.